The third-order valence-corrected chi connectivity index (χ3v) is 3.11. The smallest absolute Gasteiger partial charge is 0.118 e. The molecule has 0 unspecified atom stereocenters. The highest BCUT2D eigenvalue weighted by molar-refractivity contribution is 5.87. The molecule has 0 saturated heterocycles. The number of hydrogen-bond acceptors (Lipinski definition) is 3. The van der Waals surface area contributed by atoms with Crippen LogP contribution in [0, 0.1) is 5.92 Å². The third kappa shape index (κ3) is 2.18. The van der Waals surface area contributed by atoms with Gasteiger partial charge in [0.2, 0.25) is 0 Å². The maximum Gasteiger partial charge on any atom is 0.118 e. The van der Waals surface area contributed by atoms with Gasteiger partial charge in [0, 0.05) is 5.92 Å². The number of rotatable bonds is 4. The number of nitrogens with zero attached hydrogens (tertiary/aromatic N) is 1. The highest BCUT2D eigenvalue weighted by atomic mass is 16.6. The lowest BCUT2D eigenvalue weighted by Crippen LogP contribution is -1.97. The Bertz CT molecular complexity index is 383. The molecule has 2 rings (SSSR count). The molecule has 0 N–H and O–H groups in total. The number of oxime groups is 1. The first-order valence-corrected chi connectivity index (χ1v) is 5.48. The number of methoxy groups -OCH3 is 1. The highest BCUT2D eigenvalue weighted by Gasteiger charge is 2.40. The van der Waals surface area contributed by atoms with E-state index in [1.54, 1.807) is 14.2 Å². The standard InChI is InChI=1S/C13H17NO2/c1-9(14-16-3)12-8-13(12)10-4-6-11(15-2)7-5-10/h4-7,12-13H,8H2,1-3H3/b14-9-/t12-,13-/m1/s1. The molecule has 1 aromatic carbocycles. The molecule has 1 saturated carbocycles. The summed E-state index contributed by atoms with van der Waals surface area (Å²) >= 11 is 0. The quantitative estimate of drug-likeness (QED) is 0.576. The summed E-state index contributed by atoms with van der Waals surface area (Å²) in [6.07, 6.45) is 1.17. The zero-order valence-electron chi connectivity index (χ0n) is 9.93. The van der Waals surface area contributed by atoms with Crippen LogP contribution >= 0.6 is 0 Å². The minimum atomic E-state index is 0.549. The Balaban J connectivity index is 2.03. The van der Waals surface area contributed by atoms with Gasteiger partial charge in [0.05, 0.1) is 12.8 Å². The van der Waals surface area contributed by atoms with E-state index in [2.05, 4.69) is 17.3 Å². The van der Waals surface area contributed by atoms with E-state index in [9.17, 15) is 0 Å². The lowest BCUT2D eigenvalue weighted by atomic mass is 10.1. The molecule has 0 spiro atoms. The normalized spacial score (nSPS) is 24.1. The second kappa shape index (κ2) is 4.56. The molecule has 0 bridgehead atoms. The van der Waals surface area contributed by atoms with E-state index in [4.69, 9.17) is 9.57 Å². The lowest BCUT2D eigenvalue weighted by molar-refractivity contribution is 0.212. The summed E-state index contributed by atoms with van der Waals surface area (Å²) in [4.78, 5) is 4.79. The van der Waals surface area contributed by atoms with Crippen molar-refractivity contribution in [3.05, 3.63) is 29.8 Å². The van der Waals surface area contributed by atoms with Crippen molar-refractivity contribution in [2.24, 2.45) is 11.1 Å². The predicted octanol–water partition coefficient (Wildman–Crippen LogP) is 2.82. The van der Waals surface area contributed by atoms with Gasteiger partial charge in [-0.05, 0) is 37.0 Å². The average molecular weight is 219 g/mol. The maximum atomic E-state index is 5.14. The SMILES string of the molecule is CO/N=C(/C)[C@H]1C[C@@H]1c1ccc(OC)cc1. The van der Waals surface area contributed by atoms with Gasteiger partial charge >= 0.3 is 0 Å². The van der Waals surface area contributed by atoms with Crippen molar-refractivity contribution in [2.75, 3.05) is 14.2 Å². The maximum absolute atomic E-state index is 5.14. The summed E-state index contributed by atoms with van der Waals surface area (Å²) < 4.78 is 5.14. The average Bonchev–Trinajstić information content (AvgIpc) is 3.09. The van der Waals surface area contributed by atoms with Gasteiger partial charge in [-0.1, -0.05) is 17.3 Å². The van der Waals surface area contributed by atoms with Gasteiger partial charge in [-0.2, -0.15) is 0 Å². The Hall–Kier alpha value is -1.51. The molecular formula is C13H17NO2. The first kappa shape index (κ1) is 11.0. The molecule has 0 heterocycles. The Morgan fingerprint density at radius 3 is 2.50 bits per heavy atom. The summed E-state index contributed by atoms with van der Waals surface area (Å²) in [5, 5.41) is 3.99. The molecule has 1 fully saturated rings. The molecule has 0 aliphatic heterocycles. The van der Waals surface area contributed by atoms with Crippen LogP contribution in [0.15, 0.2) is 29.4 Å². The van der Waals surface area contributed by atoms with Crippen LogP contribution in [0.25, 0.3) is 0 Å². The van der Waals surface area contributed by atoms with Crippen molar-refractivity contribution in [1.82, 2.24) is 0 Å². The predicted molar refractivity (Wildman–Crippen MR) is 64.0 cm³/mol. The van der Waals surface area contributed by atoms with E-state index in [-0.39, 0.29) is 0 Å². The summed E-state index contributed by atoms with van der Waals surface area (Å²) in [7, 11) is 3.28. The minimum absolute atomic E-state index is 0.549. The van der Waals surface area contributed by atoms with Gasteiger partial charge in [-0.15, -0.1) is 0 Å². The van der Waals surface area contributed by atoms with Crippen LogP contribution in [-0.2, 0) is 4.84 Å². The van der Waals surface area contributed by atoms with Crippen molar-refractivity contribution >= 4 is 5.71 Å². The topological polar surface area (TPSA) is 30.8 Å². The molecule has 16 heavy (non-hydrogen) atoms. The highest BCUT2D eigenvalue weighted by Crippen LogP contribution is 2.48. The van der Waals surface area contributed by atoms with E-state index in [0.717, 1.165) is 11.5 Å². The van der Waals surface area contributed by atoms with Gasteiger partial charge in [0.1, 0.15) is 12.9 Å². The van der Waals surface area contributed by atoms with Crippen LogP contribution in [-0.4, -0.2) is 19.9 Å². The monoisotopic (exact) mass is 219 g/mol. The number of benzene rings is 1. The minimum Gasteiger partial charge on any atom is -0.497 e. The van der Waals surface area contributed by atoms with Crippen LogP contribution in [0.4, 0.5) is 0 Å². The van der Waals surface area contributed by atoms with Gasteiger partial charge < -0.3 is 9.57 Å². The fourth-order valence-corrected chi connectivity index (χ4v) is 2.09. The molecule has 0 radical (unpaired) electrons. The Labute approximate surface area is 96.1 Å². The van der Waals surface area contributed by atoms with E-state index >= 15 is 0 Å². The van der Waals surface area contributed by atoms with Gasteiger partial charge in [0.15, 0.2) is 0 Å². The first-order valence-electron chi connectivity index (χ1n) is 5.48. The molecule has 86 valence electrons. The van der Waals surface area contributed by atoms with Crippen LogP contribution in [0.5, 0.6) is 5.75 Å². The first-order chi connectivity index (χ1) is 7.76. The fraction of sp³-hybridized carbons (Fsp3) is 0.462. The van der Waals surface area contributed by atoms with Crippen LogP contribution in [0.3, 0.4) is 0 Å². The second-order valence-corrected chi connectivity index (χ2v) is 4.14. The van der Waals surface area contributed by atoms with E-state index in [1.807, 2.05) is 19.1 Å². The van der Waals surface area contributed by atoms with E-state index < -0.39 is 0 Å². The molecule has 0 aromatic heterocycles. The van der Waals surface area contributed by atoms with Crippen molar-refractivity contribution < 1.29 is 9.57 Å². The number of hydrogen-bond donors (Lipinski definition) is 0. The van der Waals surface area contributed by atoms with E-state index in [0.29, 0.717) is 11.8 Å². The fourth-order valence-electron chi connectivity index (χ4n) is 2.09. The molecule has 3 nitrogen and oxygen atoms in total. The summed E-state index contributed by atoms with van der Waals surface area (Å²) in [6.45, 7) is 2.03. The van der Waals surface area contributed by atoms with E-state index in [1.165, 1.54) is 12.0 Å². The molecular weight excluding hydrogens is 202 g/mol. The molecule has 1 aliphatic carbocycles. The molecule has 2 atom stereocenters. The van der Waals surface area contributed by atoms with Gasteiger partial charge in [0.25, 0.3) is 0 Å². The van der Waals surface area contributed by atoms with Crippen molar-refractivity contribution in [1.29, 1.82) is 0 Å². The molecule has 0 amide bonds. The zero-order chi connectivity index (χ0) is 11.5. The molecule has 1 aromatic rings. The summed E-state index contributed by atoms with van der Waals surface area (Å²) in [5.41, 5.74) is 2.44. The molecule has 1 aliphatic rings. The number of ether oxygens (including phenoxy) is 1. The molecule has 3 heteroatoms. The van der Waals surface area contributed by atoms with Crippen molar-refractivity contribution in [2.45, 2.75) is 19.3 Å². The third-order valence-electron chi connectivity index (χ3n) is 3.11. The van der Waals surface area contributed by atoms with Gasteiger partial charge in [-0.3, -0.25) is 0 Å². The Kier molecular flexibility index (Phi) is 3.13. The summed E-state index contributed by atoms with van der Waals surface area (Å²) in [6, 6.07) is 8.27. The Morgan fingerprint density at radius 2 is 1.94 bits per heavy atom. The van der Waals surface area contributed by atoms with Crippen LogP contribution in [0.2, 0.25) is 0 Å². The zero-order valence-corrected chi connectivity index (χ0v) is 9.93. The van der Waals surface area contributed by atoms with Crippen molar-refractivity contribution in [3.8, 4) is 5.75 Å². The van der Waals surface area contributed by atoms with Crippen LogP contribution in [0.1, 0.15) is 24.8 Å². The summed E-state index contributed by atoms with van der Waals surface area (Å²) in [5.74, 6) is 2.06. The largest absolute Gasteiger partial charge is 0.497 e. The second-order valence-electron chi connectivity index (χ2n) is 4.14. The van der Waals surface area contributed by atoms with Crippen molar-refractivity contribution in [3.63, 3.8) is 0 Å². The van der Waals surface area contributed by atoms with Crippen LogP contribution < -0.4 is 4.74 Å². The Morgan fingerprint density at radius 1 is 1.25 bits per heavy atom. The lowest BCUT2D eigenvalue weighted by Gasteiger charge is -2.02. The van der Waals surface area contributed by atoms with Gasteiger partial charge in [-0.25, -0.2) is 0 Å².